The predicted octanol–water partition coefficient (Wildman–Crippen LogP) is 2.28. The number of hydrogen-bond acceptors (Lipinski definition) is 3. The van der Waals surface area contributed by atoms with Crippen molar-refractivity contribution in [1.29, 1.82) is 0 Å². The van der Waals surface area contributed by atoms with E-state index in [0.29, 0.717) is 11.6 Å². The normalized spacial score (nSPS) is 17.8. The van der Waals surface area contributed by atoms with Crippen LogP contribution in [0.4, 0.5) is 0 Å². The molecule has 3 nitrogen and oxygen atoms in total. The maximum atomic E-state index is 11.3. The molecule has 1 heterocycles. The van der Waals surface area contributed by atoms with Gasteiger partial charge in [0.2, 0.25) is 5.90 Å². The van der Waals surface area contributed by atoms with Gasteiger partial charge in [-0.2, -0.15) is 0 Å². The lowest BCUT2D eigenvalue weighted by molar-refractivity contribution is -0.130. The number of benzene rings is 1. The number of nitrogens with zero attached hydrogens (tertiary/aromatic N) is 1. The molecule has 1 aliphatic heterocycles. The highest BCUT2D eigenvalue weighted by Gasteiger charge is 2.23. The van der Waals surface area contributed by atoms with Crippen LogP contribution in [0.25, 0.3) is 0 Å². The van der Waals surface area contributed by atoms with Crippen LogP contribution in [-0.4, -0.2) is 11.9 Å². The topological polar surface area (TPSA) is 38.7 Å². The van der Waals surface area contributed by atoms with Gasteiger partial charge in [-0.3, -0.25) is 0 Å². The number of allylic oxidation sites excluding steroid dienone is 1. The van der Waals surface area contributed by atoms with Gasteiger partial charge >= 0.3 is 5.97 Å². The van der Waals surface area contributed by atoms with E-state index >= 15 is 0 Å². The van der Waals surface area contributed by atoms with Crippen molar-refractivity contribution in [3.05, 3.63) is 47.7 Å². The van der Waals surface area contributed by atoms with Crippen LogP contribution < -0.4 is 0 Å². The third-order valence-electron chi connectivity index (χ3n) is 2.04. The molecule has 0 aromatic heterocycles. The molecule has 0 saturated carbocycles. The Bertz CT molecular complexity index is 432. The largest absolute Gasteiger partial charge is 0.402 e. The fraction of sp³-hybridized carbons (Fsp3) is 0.167. The van der Waals surface area contributed by atoms with Crippen molar-refractivity contribution in [1.82, 2.24) is 0 Å². The Morgan fingerprint density at radius 2 is 2.07 bits per heavy atom. The Balaban J connectivity index is 2.31. The summed E-state index contributed by atoms with van der Waals surface area (Å²) >= 11 is 0. The highest BCUT2D eigenvalue weighted by atomic mass is 16.6. The smallest absolute Gasteiger partial charge is 0.363 e. The first-order chi connectivity index (χ1) is 7.31. The second-order valence-corrected chi connectivity index (χ2v) is 3.17. The van der Waals surface area contributed by atoms with Crippen LogP contribution in [0.1, 0.15) is 18.9 Å². The zero-order valence-electron chi connectivity index (χ0n) is 8.43. The first-order valence-corrected chi connectivity index (χ1v) is 4.87. The van der Waals surface area contributed by atoms with Crippen LogP contribution in [0.15, 0.2) is 47.1 Å². The zero-order valence-corrected chi connectivity index (χ0v) is 8.43. The van der Waals surface area contributed by atoms with Crippen LogP contribution in [0.5, 0.6) is 0 Å². The molecule has 2 rings (SSSR count). The van der Waals surface area contributed by atoms with Crippen molar-refractivity contribution in [2.24, 2.45) is 4.99 Å². The number of ether oxygens (including phenoxy) is 1. The molecule has 1 aromatic rings. The summed E-state index contributed by atoms with van der Waals surface area (Å²) < 4.78 is 5.06. The molecule has 0 radical (unpaired) electrons. The van der Waals surface area contributed by atoms with E-state index in [4.69, 9.17) is 4.74 Å². The highest BCUT2D eigenvalue weighted by molar-refractivity contribution is 6.11. The zero-order chi connectivity index (χ0) is 10.7. The molecule has 76 valence electrons. The number of aliphatic imine (C=N–C) groups is 1. The standard InChI is InChI=1S/C12H11NO2/c1-2-6-10-12(14)15-11(13-10)9-7-4-3-5-8-9/h3-8H,2H2,1H3/b10-6-. The van der Waals surface area contributed by atoms with Gasteiger partial charge in [-0.05, 0) is 18.6 Å². The molecular formula is C12H11NO2. The van der Waals surface area contributed by atoms with Crippen LogP contribution in [0.3, 0.4) is 0 Å². The summed E-state index contributed by atoms with van der Waals surface area (Å²) in [7, 11) is 0. The van der Waals surface area contributed by atoms with Gasteiger partial charge in [0.05, 0.1) is 0 Å². The second kappa shape index (κ2) is 4.09. The first-order valence-electron chi connectivity index (χ1n) is 4.87. The summed E-state index contributed by atoms with van der Waals surface area (Å²) in [6.45, 7) is 1.95. The lowest BCUT2D eigenvalue weighted by Gasteiger charge is -1.97. The van der Waals surface area contributed by atoms with Gasteiger partial charge in [0, 0.05) is 5.56 Å². The van der Waals surface area contributed by atoms with Crippen molar-refractivity contribution >= 4 is 11.9 Å². The van der Waals surface area contributed by atoms with Crippen LogP contribution >= 0.6 is 0 Å². The van der Waals surface area contributed by atoms with Gasteiger partial charge in [0.1, 0.15) is 5.70 Å². The maximum absolute atomic E-state index is 11.3. The van der Waals surface area contributed by atoms with Gasteiger partial charge in [-0.25, -0.2) is 9.79 Å². The van der Waals surface area contributed by atoms with Gasteiger partial charge in [-0.15, -0.1) is 0 Å². The SMILES string of the molecule is CC/C=C1\N=C(c2ccccc2)OC1=O. The molecule has 15 heavy (non-hydrogen) atoms. The van der Waals surface area contributed by atoms with Gasteiger partial charge in [0.15, 0.2) is 0 Å². The van der Waals surface area contributed by atoms with E-state index in [9.17, 15) is 4.79 Å². The Kier molecular flexibility index (Phi) is 2.63. The molecule has 0 N–H and O–H groups in total. The molecule has 1 aliphatic rings. The minimum atomic E-state index is -0.365. The number of cyclic esters (lactones) is 1. The average Bonchev–Trinajstić information content (AvgIpc) is 2.63. The Morgan fingerprint density at radius 1 is 1.33 bits per heavy atom. The minimum absolute atomic E-state index is 0.365. The molecule has 0 unspecified atom stereocenters. The third-order valence-corrected chi connectivity index (χ3v) is 2.04. The number of esters is 1. The number of rotatable bonds is 2. The predicted molar refractivity (Wildman–Crippen MR) is 57.4 cm³/mol. The monoisotopic (exact) mass is 201 g/mol. The van der Waals surface area contributed by atoms with Crippen molar-refractivity contribution in [2.45, 2.75) is 13.3 Å². The van der Waals surface area contributed by atoms with E-state index in [1.807, 2.05) is 37.3 Å². The van der Waals surface area contributed by atoms with E-state index in [0.717, 1.165) is 12.0 Å². The highest BCUT2D eigenvalue weighted by Crippen LogP contribution is 2.16. The van der Waals surface area contributed by atoms with Crippen molar-refractivity contribution < 1.29 is 9.53 Å². The molecule has 0 spiro atoms. The average molecular weight is 201 g/mol. The van der Waals surface area contributed by atoms with E-state index in [2.05, 4.69) is 4.99 Å². The van der Waals surface area contributed by atoms with Crippen molar-refractivity contribution in [2.75, 3.05) is 0 Å². The number of carbonyl (C=O) groups is 1. The first kappa shape index (κ1) is 9.65. The summed E-state index contributed by atoms with van der Waals surface area (Å²) in [5.41, 5.74) is 1.22. The summed E-state index contributed by atoms with van der Waals surface area (Å²) in [5, 5.41) is 0. The molecular weight excluding hydrogens is 190 g/mol. The minimum Gasteiger partial charge on any atom is -0.402 e. The van der Waals surface area contributed by atoms with Gasteiger partial charge in [0.25, 0.3) is 0 Å². The number of hydrogen-bond donors (Lipinski definition) is 0. The fourth-order valence-corrected chi connectivity index (χ4v) is 1.34. The molecule has 0 bridgehead atoms. The van der Waals surface area contributed by atoms with Crippen LogP contribution in [-0.2, 0) is 9.53 Å². The van der Waals surface area contributed by atoms with Crippen LogP contribution in [0.2, 0.25) is 0 Å². The molecule has 3 heteroatoms. The third kappa shape index (κ3) is 1.96. The van der Waals surface area contributed by atoms with E-state index < -0.39 is 0 Å². The summed E-state index contributed by atoms with van der Waals surface area (Å²) in [5.74, 6) is 0.0241. The maximum Gasteiger partial charge on any atom is 0.363 e. The van der Waals surface area contributed by atoms with Crippen LogP contribution in [0, 0.1) is 0 Å². The Hall–Kier alpha value is -1.90. The van der Waals surface area contributed by atoms with E-state index in [1.165, 1.54) is 0 Å². The van der Waals surface area contributed by atoms with Crippen molar-refractivity contribution in [3.8, 4) is 0 Å². The lowest BCUT2D eigenvalue weighted by Crippen LogP contribution is -2.04. The molecule has 0 saturated heterocycles. The van der Waals surface area contributed by atoms with Gasteiger partial charge < -0.3 is 4.74 Å². The summed E-state index contributed by atoms with van der Waals surface area (Å²) in [6.07, 6.45) is 2.54. The van der Waals surface area contributed by atoms with E-state index in [-0.39, 0.29) is 5.97 Å². The summed E-state index contributed by atoms with van der Waals surface area (Å²) in [6, 6.07) is 9.39. The summed E-state index contributed by atoms with van der Waals surface area (Å²) in [4.78, 5) is 15.5. The molecule has 1 aromatic carbocycles. The Labute approximate surface area is 88.1 Å². The Morgan fingerprint density at radius 3 is 2.73 bits per heavy atom. The molecule has 0 aliphatic carbocycles. The molecule has 0 atom stereocenters. The lowest BCUT2D eigenvalue weighted by atomic mass is 10.2. The van der Waals surface area contributed by atoms with Crippen molar-refractivity contribution in [3.63, 3.8) is 0 Å². The molecule has 0 amide bonds. The fourth-order valence-electron chi connectivity index (χ4n) is 1.34. The van der Waals surface area contributed by atoms with Gasteiger partial charge in [-0.1, -0.05) is 31.2 Å². The number of carbonyl (C=O) groups excluding carboxylic acids is 1. The quantitative estimate of drug-likeness (QED) is 0.544. The second-order valence-electron chi connectivity index (χ2n) is 3.17. The molecule has 0 fully saturated rings. The van der Waals surface area contributed by atoms with E-state index in [1.54, 1.807) is 6.08 Å².